The summed E-state index contributed by atoms with van der Waals surface area (Å²) in [5.41, 5.74) is 2.28. The lowest BCUT2D eigenvalue weighted by Crippen LogP contribution is -2.42. The minimum Gasteiger partial charge on any atom is -0.330 e. The third-order valence-electron chi connectivity index (χ3n) is 4.72. The maximum atomic E-state index is 13.1. The first kappa shape index (κ1) is 16.5. The molecule has 1 aliphatic carbocycles. The molecule has 0 spiro atoms. The molecule has 0 saturated heterocycles. The predicted octanol–water partition coefficient (Wildman–Crippen LogP) is 3.36. The standard InChI is InChI=1S/C21H21N3O2/c25-20-14-13-19(22-24(20)18-9-5-2-6-10-18)21(26)23(17-11-12-17)15-16-7-3-1-4-8-16/h1-10,17H,11-15H2. The van der Waals surface area contributed by atoms with Crippen molar-refractivity contribution in [1.29, 1.82) is 0 Å². The van der Waals surface area contributed by atoms with Gasteiger partial charge in [0.15, 0.2) is 0 Å². The van der Waals surface area contributed by atoms with Crippen LogP contribution in [-0.2, 0) is 16.1 Å². The second kappa shape index (κ2) is 7.12. The van der Waals surface area contributed by atoms with Crippen LogP contribution in [0, 0.1) is 0 Å². The number of amides is 2. The molecule has 2 aliphatic rings. The van der Waals surface area contributed by atoms with Crippen LogP contribution in [0.4, 0.5) is 5.69 Å². The van der Waals surface area contributed by atoms with Crippen LogP contribution in [0.25, 0.3) is 0 Å². The quantitative estimate of drug-likeness (QED) is 0.833. The Hall–Kier alpha value is -2.95. The maximum Gasteiger partial charge on any atom is 0.270 e. The number of anilines is 1. The fraction of sp³-hybridized carbons (Fsp3) is 0.286. The van der Waals surface area contributed by atoms with E-state index >= 15 is 0 Å². The molecule has 0 N–H and O–H groups in total. The first-order chi connectivity index (χ1) is 12.7. The molecule has 5 nitrogen and oxygen atoms in total. The molecule has 1 saturated carbocycles. The molecule has 0 radical (unpaired) electrons. The number of hydrogen-bond acceptors (Lipinski definition) is 3. The zero-order chi connectivity index (χ0) is 17.9. The average molecular weight is 347 g/mol. The van der Waals surface area contributed by atoms with E-state index in [9.17, 15) is 9.59 Å². The van der Waals surface area contributed by atoms with Crippen molar-refractivity contribution in [1.82, 2.24) is 4.90 Å². The van der Waals surface area contributed by atoms with E-state index in [1.807, 2.05) is 65.6 Å². The molecule has 5 heteroatoms. The van der Waals surface area contributed by atoms with Gasteiger partial charge in [0.1, 0.15) is 5.71 Å². The minimum atomic E-state index is -0.0752. The minimum absolute atomic E-state index is 0.0511. The number of nitrogens with zero attached hydrogens (tertiary/aromatic N) is 3. The van der Waals surface area contributed by atoms with Gasteiger partial charge in [0.25, 0.3) is 5.91 Å². The summed E-state index contributed by atoms with van der Waals surface area (Å²) in [5, 5.41) is 5.78. The first-order valence-corrected chi connectivity index (χ1v) is 9.03. The Morgan fingerprint density at radius 3 is 2.31 bits per heavy atom. The Morgan fingerprint density at radius 1 is 1.00 bits per heavy atom. The summed E-state index contributed by atoms with van der Waals surface area (Å²) in [5.74, 6) is -0.126. The van der Waals surface area contributed by atoms with Gasteiger partial charge in [-0.25, -0.2) is 5.01 Å². The zero-order valence-corrected chi connectivity index (χ0v) is 14.5. The molecule has 2 aromatic carbocycles. The van der Waals surface area contributed by atoms with Crippen molar-refractivity contribution in [3.05, 3.63) is 66.2 Å². The number of hydrogen-bond donors (Lipinski definition) is 0. The Balaban J connectivity index is 1.58. The van der Waals surface area contributed by atoms with Gasteiger partial charge in [-0.3, -0.25) is 9.59 Å². The molecule has 0 aromatic heterocycles. The van der Waals surface area contributed by atoms with Crippen LogP contribution in [0.3, 0.4) is 0 Å². The van der Waals surface area contributed by atoms with Crippen molar-refractivity contribution in [2.45, 2.75) is 38.3 Å². The Morgan fingerprint density at radius 2 is 1.65 bits per heavy atom. The highest BCUT2D eigenvalue weighted by molar-refractivity contribution is 6.40. The number of benzene rings is 2. The van der Waals surface area contributed by atoms with E-state index in [1.165, 1.54) is 5.01 Å². The number of para-hydroxylation sites is 1. The van der Waals surface area contributed by atoms with Crippen molar-refractivity contribution in [2.75, 3.05) is 5.01 Å². The summed E-state index contributed by atoms with van der Waals surface area (Å²) < 4.78 is 0. The monoisotopic (exact) mass is 347 g/mol. The highest BCUT2D eigenvalue weighted by Crippen LogP contribution is 2.30. The van der Waals surface area contributed by atoms with Crippen LogP contribution in [0.5, 0.6) is 0 Å². The summed E-state index contributed by atoms with van der Waals surface area (Å²) in [7, 11) is 0. The fourth-order valence-corrected chi connectivity index (χ4v) is 3.18. The molecule has 4 rings (SSSR count). The van der Waals surface area contributed by atoms with Gasteiger partial charge in [-0.15, -0.1) is 0 Å². The molecule has 2 aromatic rings. The van der Waals surface area contributed by atoms with Gasteiger partial charge in [0.05, 0.1) is 5.69 Å². The van der Waals surface area contributed by atoms with Crippen molar-refractivity contribution in [3.63, 3.8) is 0 Å². The second-order valence-corrected chi connectivity index (χ2v) is 6.74. The summed E-state index contributed by atoms with van der Waals surface area (Å²) >= 11 is 0. The molecule has 1 aliphatic heterocycles. The summed E-state index contributed by atoms with van der Waals surface area (Å²) in [6, 6.07) is 19.6. The number of carbonyl (C=O) groups excluding carboxylic acids is 2. The molecule has 1 heterocycles. The van der Waals surface area contributed by atoms with Gasteiger partial charge in [-0.1, -0.05) is 48.5 Å². The van der Waals surface area contributed by atoms with Crippen molar-refractivity contribution >= 4 is 23.2 Å². The molecular weight excluding hydrogens is 326 g/mol. The summed E-state index contributed by atoms with van der Waals surface area (Å²) in [4.78, 5) is 27.3. The van der Waals surface area contributed by atoms with E-state index in [0.717, 1.165) is 18.4 Å². The molecule has 0 unspecified atom stereocenters. The van der Waals surface area contributed by atoms with E-state index in [4.69, 9.17) is 0 Å². The van der Waals surface area contributed by atoms with E-state index in [-0.39, 0.29) is 17.9 Å². The number of hydrazone groups is 1. The first-order valence-electron chi connectivity index (χ1n) is 9.03. The van der Waals surface area contributed by atoms with Gasteiger partial charge in [0, 0.05) is 25.4 Å². The summed E-state index contributed by atoms with van der Waals surface area (Å²) in [6.45, 7) is 0.586. The lowest BCUT2D eigenvalue weighted by atomic mass is 10.1. The average Bonchev–Trinajstić information content (AvgIpc) is 3.53. The third kappa shape index (κ3) is 3.52. The topological polar surface area (TPSA) is 53.0 Å². The molecule has 0 bridgehead atoms. The van der Waals surface area contributed by atoms with Crippen LogP contribution >= 0.6 is 0 Å². The zero-order valence-electron chi connectivity index (χ0n) is 14.5. The lowest BCUT2D eigenvalue weighted by molar-refractivity contribution is -0.125. The van der Waals surface area contributed by atoms with Gasteiger partial charge in [-0.05, 0) is 30.5 Å². The van der Waals surface area contributed by atoms with Crippen LogP contribution in [0.1, 0.15) is 31.2 Å². The number of carbonyl (C=O) groups is 2. The molecule has 1 fully saturated rings. The third-order valence-corrected chi connectivity index (χ3v) is 4.72. The van der Waals surface area contributed by atoms with Crippen molar-refractivity contribution in [3.8, 4) is 0 Å². The van der Waals surface area contributed by atoms with Gasteiger partial charge in [0.2, 0.25) is 5.91 Å². The van der Waals surface area contributed by atoms with Crippen molar-refractivity contribution < 1.29 is 9.59 Å². The number of rotatable bonds is 5. The maximum absolute atomic E-state index is 13.1. The van der Waals surface area contributed by atoms with E-state index in [0.29, 0.717) is 30.8 Å². The van der Waals surface area contributed by atoms with Gasteiger partial charge in [-0.2, -0.15) is 5.10 Å². The summed E-state index contributed by atoms with van der Waals surface area (Å²) in [6.07, 6.45) is 2.78. The van der Waals surface area contributed by atoms with Crippen molar-refractivity contribution in [2.24, 2.45) is 5.10 Å². The molecule has 2 amide bonds. The molecular formula is C21H21N3O2. The van der Waals surface area contributed by atoms with Crippen LogP contribution < -0.4 is 5.01 Å². The Kier molecular flexibility index (Phi) is 4.52. The Bertz CT molecular complexity index is 829. The molecule has 0 atom stereocenters. The largest absolute Gasteiger partial charge is 0.330 e. The molecule has 26 heavy (non-hydrogen) atoms. The van der Waals surface area contributed by atoms with Gasteiger partial charge < -0.3 is 4.90 Å². The van der Waals surface area contributed by atoms with E-state index in [2.05, 4.69) is 5.10 Å². The smallest absolute Gasteiger partial charge is 0.270 e. The van der Waals surface area contributed by atoms with Crippen LogP contribution in [-0.4, -0.2) is 28.5 Å². The normalized spacial score (nSPS) is 17.0. The highest BCUT2D eigenvalue weighted by atomic mass is 16.2. The van der Waals surface area contributed by atoms with Crippen LogP contribution in [0.15, 0.2) is 65.8 Å². The predicted molar refractivity (Wildman–Crippen MR) is 101 cm³/mol. The van der Waals surface area contributed by atoms with E-state index < -0.39 is 0 Å². The van der Waals surface area contributed by atoms with E-state index in [1.54, 1.807) is 0 Å². The highest BCUT2D eigenvalue weighted by Gasteiger charge is 2.36. The second-order valence-electron chi connectivity index (χ2n) is 6.74. The fourth-order valence-electron chi connectivity index (χ4n) is 3.18. The van der Waals surface area contributed by atoms with Gasteiger partial charge >= 0.3 is 0 Å². The lowest BCUT2D eigenvalue weighted by Gasteiger charge is -2.27. The molecule has 132 valence electrons. The SMILES string of the molecule is O=C1CCC(C(=O)N(Cc2ccccc2)C2CC2)=NN1c1ccccc1. The Labute approximate surface area is 152 Å². The van der Waals surface area contributed by atoms with Crippen LogP contribution in [0.2, 0.25) is 0 Å².